The highest BCUT2D eigenvalue weighted by Crippen LogP contribution is 2.42. The maximum Gasteiger partial charge on any atom is 0.203 e. The maximum atomic E-state index is 5.85. The average Bonchev–Trinajstić information content (AvgIpc) is 3.21. The molecule has 0 aliphatic rings. The monoisotopic (exact) mass is 537 g/mol. The normalized spacial score (nSPS) is 11.0. The molecule has 0 spiro atoms. The minimum absolute atomic E-state index is 0.548. The van der Waals surface area contributed by atoms with E-state index in [2.05, 4.69) is 54.3 Å². The Kier molecular flexibility index (Phi) is 8.09. The number of anilines is 1. The zero-order valence-corrected chi connectivity index (χ0v) is 20.1. The summed E-state index contributed by atoms with van der Waals surface area (Å²) in [6.45, 7) is 5.18. The largest absolute Gasteiger partial charge is 0.490 e. The molecule has 1 N–H and O–H groups in total. The number of thiazole rings is 1. The smallest absolute Gasteiger partial charge is 0.203 e. The first kappa shape index (κ1) is 21.8. The second-order valence-corrected chi connectivity index (χ2v) is 8.42. The Morgan fingerprint density at radius 1 is 1.14 bits per heavy atom. The van der Waals surface area contributed by atoms with E-state index in [1.807, 2.05) is 48.7 Å². The molecule has 3 aromatic rings. The molecule has 0 saturated carbocycles. The molecule has 0 bridgehead atoms. The topological polar surface area (TPSA) is 55.7 Å². The summed E-state index contributed by atoms with van der Waals surface area (Å²) in [6, 6.07) is 12.0. The van der Waals surface area contributed by atoms with Crippen molar-refractivity contribution < 1.29 is 9.47 Å². The van der Waals surface area contributed by atoms with Crippen LogP contribution in [0.25, 0.3) is 11.3 Å². The van der Waals surface area contributed by atoms with E-state index in [1.165, 1.54) is 11.3 Å². The van der Waals surface area contributed by atoms with Crippen LogP contribution in [0.1, 0.15) is 25.8 Å². The highest BCUT2D eigenvalue weighted by Gasteiger charge is 2.16. The molecular weight excluding hydrogens is 518 g/mol. The van der Waals surface area contributed by atoms with Crippen LogP contribution in [0, 0.1) is 0 Å². The van der Waals surface area contributed by atoms with Gasteiger partial charge in [-0.3, -0.25) is 5.43 Å². The van der Waals surface area contributed by atoms with Gasteiger partial charge in [0, 0.05) is 21.0 Å². The summed E-state index contributed by atoms with van der Waals surface area (Å²) in [6.07, 6.45) is 2.64. The van der Waals surface area contributed by atoms with Crippen LogP contribution in [-0.2, 0) is 0 Å². The lowest BCUT2D eigenvalue weighted by Gasteiger charge is -2.15. The molecule has 0 atom stereocenters. The molecule has 0 aliphatic carbocycles. The van der Waals surface area contributed by atoms with Crippen LogP contribution in [0.2, 0.25) is 0 Å². The highest BCUT2D eigenvalue weighted by atomic mass is 79.9. The lowest BCUT2D eigenvalue weighted by Crippen LogP contribution is -2.03. The van der Waals surface area contributed by atoms with Gasteiger partial charge in [-0.2, -0.15) is 5.10 Å². The molecule has 1 heterocycles. The Hall–Kier alpha value is -1.90. The Labute approximate surface area is 191 Å². The molecule has 0 amide bonds. The number of halogens is 2. The lowest BCUT2D eigenvalue weighted by molar-refractivity contribution is 0.275. The Morgan fingerprint density at radius 2 is 1.93 bits per heavy atom. The van der Waals surface area contributed by atoms with Crippen LogP contribution in [0.4, 0.5) is 5.13 Å². The lowest BCUT2D eigenvalue weighted by atomic mass is 10.2. The van der Waals surface area contributed by atoms with Crippen LogP contribution in [0.15, 0.2) is 55.8 Å². The van der Waals surface area contributed by atoms with Gasteiger partial charge in [-0.05, 0) is 51.3 Å². The van der Waals surface area contributed by atoms with E-state index >= 15 is 0 Å². The molecule has 3 rings (SSSR count). The van der Waals surface area contributed by atoms with E-state index in [0.717, 1.165) is 37.3 Å². The van der Waals surface area contributed by atoms with Crippen molar-refractivity contribution >= 4 is 54.5 Å². The van der Waals surface area contributed by atoms with Gasteiger partial charge in [0.2, 0.25) is 5.13 Å². The van der Waals surface area contributed by atoms with Gasteiger partial charge in [-0.15, -0.1) is 11.3 Å². The molecule has 1 aromatic heterocycles. The number of rotatable bonds is 9. The van der Waals surface area contributed by atoms with Gasteiger partial charge in [0.25, 0.3) is 0 Å². The molecule has 2 aromatic carbocycles. The van der Waals surface area contributed by atoms with E-state index in [4.69, 9.17) is 9.47 Å². The van der Waals surface area contributed by atoms with E-state index in [-0.39, 0.29) is 0 Å². The fourth-order valence-electron chi connectivity index (χ4n) is 2.52. The summed E-state index contributed by atoms with van der Waals surface area (Å²) < 4.78 is 13.3. The molecule has 5 nitrogen and oxygen atoms in total. The van der Waals surface area contributed by atoms with Gasteiger partial charge in [-0.1, -0.05) is 37.3 Å². The van der Waals surface area contributed by atoms with Gasteiger partial charge in [0.1, 0.15) is 0 Å². The Balaban J connectivity index is 1.77. The van der Waals surface area contributed by atoms with Crippen LogP contribution in [-0.4, -0.2) is 24.4 Å². The SMILES string of the molecule is CCCOc1c(OCC)cc(C=NNc2nc(-c3ccccc3)cs2)c(Br)c1Br. The molecule has 152 valence electrons. The summed E-state index contributed by atoms with van der Waals surface area (Å²) in [7, 11) is 0. The second-order valence-electron chi connectivity index (χ2n) is 5.98. The van der Waals surface area contributed by atoms with E-state index < -0.39 is 0 Å². The van der Waals surface area contributed by atoms with E-state index in [1.54, 1.807) is 6.21 Å². The number of aromatic nitrogens is 1. The van der Waals surface area contributed by atoms with Crippen molar-refractivity contribution in [2.45, 2.75) is 20.3 Å². The van der Waals surface area contributed by atoms with Crippen molar-refractivity contribution in [3.8, 4) is 22.8 Å². The fraction of sp³-hybridized carbons (Fsp3) is 0.238. The van der Waals surface area contributed by atoms with Gasteiger partial charge < -0.3 is 9.47 Å². The van der Waals surface area contributed by atoms with Crippen molar-refractivity contribution in [1.82, 2.24) is 4.98 Å². The van der Waals surface area contributed by atoms with Gasteiger partial charge >= 0.3 is 0 Å². The average molecular weight is 539 g/mol. The van der Waals surface area contributed by atoms with Gasteiger partial charge in [0.15, 0.2) is 11.5 Å². The summed E-state index contributed by atoms with van der Waals surface area (Å²) in [5, 5.41) is 7.07. The summed E-state index contributed by atoms with van der Waals surface area (Å²) >= 11 is 8.73. The zero-order valence-electron chi connectivity index (χ0n) is 16.1. The molecule has 29 heavy (non-hydrogen) atoms. The van der Waals surface area contributed by atoms with Crippen LogP contribution in [0.5, 0.6) is 11.5 Å². The fourth-order valence-corrected chi connectivity index (χ4v) is 4.13. The van der Waals surface area contributed by atoms with E-state index in [9.17, 15) is 0 Å². The quantitative estimate of drug-likeness (QED) is 0.236. The highest BCUT2D eigenvalue weighted by molar-refractivity contribution is 9.13. The number of hydrogen-bond acceptors (Lipinski definition) is 6. The first-order valence-electron chi connectivity index (χ1n) is 9.21. The number of nitrogens with zero attached hydrogens (tertiary/aromatic N) is 2. The number of hydrazone groups is 1. The van der Waals surface area contributed by atoms with Crippen LogP contribution >= 0.6 is 43.2 Å². The summed E-state index contributed by atoms with van der Waals surface area (Å²) in [5.74, 6) is 1.37. The predicted octanol–water partition coefficient (Wildman–Crippen LogP) is 6.97. The van der Waals surface area contributed by atoms with Crippen molar-refractivity contribution in [3.05, 3.63) is 56.3 Å². The number of benzene rings is 2. The van der Waals surface area contributed by atoms with Crippen molar-refractivity contribution in [2.75, 3.05) is 18.6 Å². The minimum Gasteiger partial charge on any atom is -0.490 e. The third-order valence-electron chi connectivity index (χ3n) is 3.84. The van der Waals surface area contributed by atoms with Gasteiger partial charge in [0.05, 0.1) is 29.6 Å². The summed E-state index contributed by atoms with van der Waals surface area (Å²) in [5.41, 5.74) is 5.86. The molecule has 0 unspecified atom stereocenters. The van der Waals surface area contributed by atoms with Crippen molar-refractivity contribution in [3.63, 3.8) is 0 Å². The van der Waals surface area contributed by atoms with Crippen molar-refractivity contribution in [1.29, 1.82) is 0 Å². The van der Waals surface area contributed by atoms with Crippen LogP contribution in [0.3, 0.4) is 0 Å². The van der Waals surface area contributed by atoms with Crippen molar-refractivity contribution in [2.24, 2.45) is 5.10 Å². The minimum atomic E-state index is 0.548. The summed E-state index contributed by atoms with van der Waals surface area (Å²) in [4.78, 5) is 4.57. The maximum absolute atomic E-state index is 5.85. The van der Waals surface area contributed by atoms with Crippen LogP contribution < -0.4 is 14.9 Å². The number of ether oxygens (including phenoxy) is 2. The molecule has 0 aliphatic heterocycles. The van der Waals surface area contributed by atoms with E-state index in [0.29, 0.717) is 24.7 Å². The number of nitrogens with one attached hydrogen (secondary N) is 1. The molecule has 8 heteroatoms. The standard InChI is InChI=1S/C21H21Br2N3O2S/c1-3-10-28-20-17(27-4-2)11-15(18(22)19(20)23)12-24-26-21-25-16(13-29-21)14-8-6-5-7-9-14/h5-9,11-13H,3-4,10H2,1-2H3,(H,25,26). The third-order valence-corrected chi connectivity index (χ3v) is 6.73. The Morgan fingerprint density at radius 3 is 2.66 bits per heavy atom. The second kappa shape index (κ2) is 10.8. The first-order valence-corrected chi connectivity index (χ1v) is 11.7. The molecular formula is C21H21Br2N3O2S. The predicted molar refractivity (Wildman–Crippen MR) is 128 cm³/mol. The van der Waals surface area contributed by atoms with Gasteiger partial charge in [-0.25, -0.2) is 4.98 Å². The first-order chi connectivity index (χ1) is 14.1. The number of hydrogen-bond donors (Lipinski definition) is 1. The molecule has 0 fully saturated rings. The molecule has 0 saturated heterocycles. The third kappa shape index (κ3) is 5.58. The Bertz CT molecular complexity index is 978. The zero-order chi connectivity index (χ0) is 20.6. The molecule has 0 radical (unpaired) electrons.